The quantitative estimate of drug-likeness (QED) is 0.755. The third-order valence-electron chi connectivity index (χ3n) is 3.51. The lowest BCUT2D eigenvalue weighted by molar-refractivity contribution is 0.251. The largest absolute Gasteiger partial charge is 0.332 e. The first-order valence-corrected chi connectivity index (χ1v) is 8.43. The molecule has 1 aromatic carbocycles. The molecule has 2 aromatic rings. The highest BCUT2D eigenvalue weighted by molar-refractivity contribution is 7.98. The van der Waals surface area contributed by atoms with Crippen molar-refractivity contribution in [3.05, 3.63) is 41.7 Å². The van der Waals surface area contributed by atoms with Gasteiger partial charge in [-0.2, -0.15) is 5.10 Å². The number of thioether (sulfide) groups is 1. The summed E-state index contributed by atoms with van der Waals surface area (Å²) < 4.78 is 1.99. The zero-order valence-electron chi connectivity index (χ0n) is 12.4. The van der Waals surface area contributed by atoms with Crippen LogP contribution in [0.1, 0.15) is 11.4 Å². The fraction of sp³-hybridized carbons (Fsp3) is 0.333. The van der Waals surface area contributed by atoms with Gasteiger partial charge in [0.1, 0.15) is 0 Å². The van der Waals surface area contributed by atoms with Crippen LogP contribution < -0.4 is 16.0 Å². The number of rotatable bonds is 4. The van der Waals surface area contributed by atoms with Crippen LogP contribution in [0.15, 0.2) is 35.2 Å². The van der Waals surface area contributed by atoms with Gasteiger partial charge in [-0.3, -0.25) is 4.68 Å². The van der Waals surface area contributed by atoms with Gasteiger partial charge in [0.2, 0.25) is 0 Å². The lowest BCUT2D eigenvalue weighted by Gasteiger charge is -2.13. The number of hydrogen-bond acceptors (Lipinski definition) is 4. The lowest BCUT2D eigenvalue weighted by Crippen LogP contribution is -2.29. The molecule has 1 aliphatic rings. The van der Waals surface area contributed by atoms with E-state index in [1.807, 2.05) is 41.3 Å². The molecule has 0 atom stereocenters. The Hall–Kier alpha value is -1.99. The van der Waals surface area contributed by atoms with E-state index in [9.17, 15) is 4.79 Å². The monoisotopic (exact) mass is 317 g/mol. The van der Waals surface area contributed by atoms with Crippen molar-refractivity contribution in [2.75, 3.05) is 18.1 Å². The second kappa shape index (κ2) is 6.85. The minimum atomic E-state index is -0.217. The van der Waals surface area contributed by atoms with Gasteiger partial charge in [0, 0.05) is 18.0 Å². The standard InChI is InChI=1S/C15H19N5OS/c1-22-14-5-3-2-4-13(14)18-15(21)17-9-11-8-12-10-16-6-7-20(12)19-11/h2-5,8,16H,6-7,9-10H2,1H3,(H2,17,18,21). The summed E-state index contributed by atoms with van der Waals surface area (Å²) in [5.41, 5.74) is 2.86. The van der Waals surface area contributed by atoms with Crippen molar-refractivity contribution in [1.82, 2.24) is 20.4 Å². The molecule has 0 aliphatic carbocycles. The molecule has 0 spiro atoms. The highest BCUT2D eigenvalue weighted by Crippen LogP contribution is 2.24. The van der Waals surface area contributed by atoms with E-state index in [0.29, 0.717) is 6.54 Å². The smallest absolute Gasteiger partial charge is 0.319 e. The summed E-state index contributed by atoms with van der Waals surface area (Å²) in [7, 11) is 0. The summed E-state index contributed by atoms with van der Waals surface area (Å²) in [6.45, 7) is 3.07. The number of anilines is 1. The van der Waals surface area contributed by atoms with Gasteiger partial charge in [-0.25, -0.2) is 4.79 Å². The Balaban J connectivity index is 1.57. The zero-order valence-corrected chi connectivity index (χ0v) is 13.2. The van der Waals surface area contributed by atoms with Crippen molar-refractivity contribution in [1.29, 1.82) is 0 Å². The summed E-state index contributed by atoms with van der Waals surface area (Å²) >= 11 is 1.60. The van der Waals surface area contributed by atoms with Crippen LogP contribution in [0, 0.1) is 0 Å². The van der Waals surface area contributed by atoms with Crippen molar-refractivity contribution >= 4 is 23.5 Å². The normalized spacial score (nSPS) is 13.5. The van der Waals surface area contributed by atoms with Gasteiger partial charge < -0.3 is 16.0 Å². The maximum absolute atomic E-state index is 12.0. The van der Waals surface area contributed by atoms with Crippen LogP contribution in [-0.2, 0) is 19.6 Å². The number of para-hydroxylation sites is 1. The van der Waals surface area contributed by atoms with Gasteiger partial charge in [-0.15, -0.1) is 11.8 Å². The third kappa shape index (κ3) is 3.42. The molecule has 1 aromatic heterocycles. The fourth-order valence-corrected chi connectivity index (χ4v) is 2.98. The van der Waals surface area contributed by atoms with E-state index < -0.39 is 0 Å². The van der Waals surface area contributed by atoms with Gasteiger partial charge in [0.05, 0.1) is 30.2 Å². The minimum Gasteiger partial charge on any atom is -0.332 e. The van der Waals surface area contributed by atoms with Crippen LogP contribution >= 0.6 is 11.8 Å². The number of fused-ring (bicyclic) bond motifs is 1. The number of carbonyl (C=O) groups excluding carboxylic acids is 1. The molecule has 0 bridgehead atoms. The van der Waals surface area contributed by atoms with Gasteiger partial charge >= 0.3 is 6.03 Å². The van der Waals surface area contributed by atoms with Crippen molar-refractivity contribution in [2.45, 2.75) is 24.5 Å². The number of carbonyl (C=O) groups is 1. The maximum Gasteiger partial charge on any atom is 0.319 e. The molecule has 3 rings (SSSR count). The lowest BCUT2D eigenvalue weighted by atomic mass is 10.3. The number of hydrogen-bond donors (Lipinski definition) is 3. The van der Waals surface area contributed by atoms with Gasteiger partial charge in [0.25, 0.3) is 0 Å². The first-order valence-electron chi connectivity index (χ1n) is 7.20. The number of aromatic nitrogens is 2. The molecule has 0 fully saturated rings. The molecule has 1 aliphatic heterocycles. The van der Waals surface area contributed by atoms with E-state index >= 15 is 0 Å². The molecule has 2 amide bonds. The van der Waals surface area contributed by atoms with Crippen LogP contribution in [0.3, 0.4) is 0 Å². The van der Waals surface area contributed by atoms with Crippen LogP contribution in [-0.4, -0.2) is 28.6 Å². The Morgan fingerprint density at radius 1 is 1.45 bits per heavy atom. The number of benzene rings is 1. The van der Waals surface area contributed by atoms with Crippen LogP contribution in [0.25, 0.3) is 0 Å². The third-order valence-corrected chi connectivity index (χ3v) is 4.30. The number of urea groups is 1. The Labute approximate surface area is 133 Å². The Kier molecular flexibility index (Phi) is 4.65. The Morgan fingerprint density at radius 2 is 2.32 bits per heavy atom. The average Bonchev–Trinajstić information content (AvgIpc) is 2.96. The number of nitrogens with zero attached hydrogens (tertiary/aromatic N) is 2. The minimum absolute atomic E-state index is 0.217. The molecule has 22 heavy (non-hydrogen) atoms. The molecular formula is C15H19N5OS. The van der Waals surface area contributed by atoms with E-state index in [2.05, 4.69) is 21.0 Å². The van der Waals surface area contributed by atoms with E-state index in [4.69, 9.17) is 0 Å². The van der Waals surface area contributed by atoms with E-state index in [0.717, 1.165) is 41.6 Å². The molecule has 116 valence electrons. The second-order valence-corrected chi connectivity index (χ2v) is 5.88. The molecule has 6 nitrogen and oxygen atoms in total. The second-order valence-electron chi connectivity index (χ2n) is 5.03. The van der Waals surface area contributed by atoms with Crippen LogP contribution in [0.5, 0.6) is 0 Å². The highest BCUT2D eigenvalue weighted by Gasteiger charge is 2.12. The van der Waals surface area contributed by atoms with Crippen LogP contribution in [0.2, 0.25) is 0 Å². The molecule has 7 heteroatoms. The number of amides is 2. The zero-order chi connectivity index (χ0) is 15.4. The summed E-state index contributed by atoms with van der Waals surface area (Å²) in [5, 5.41) is 13.5. The molecule has 2 heterocycles. The molecule has 0 unspecified atom stereocenters. The van der Waals surface area contributed by atoms with E-state index in [1.54, 1.807) is 11.8 Å². The highest BCUT2D eigenvalue weighted by atomic mass is 32.2. The topological polar surface area (TPSA) is 71.0 Å². The molecule has 3 N–H and O–H groups in total. The van der Waals surface area contributed by atoms with E-state index in [-0.39, 0.29) is 6.03 Å². The summed E-state index contributed by atoms with van der Waals surface area (Å²) in [4.78, 5) is 13.1. The van der Waals surface area contributed by atoms with Crippen molar-refractivity contribution in [3.8, 4) is 0 Å². The van der Waals surface area contributed by atoms with E-state index in [1.165, 1.54) is 0 Å². The van der Waals surface area contributed by atoms with Gasteiger partial charge in [0.15, 0.2) is 0 Å². The van der Waals surface area contributed by atoms with Crippen LogP contribution in [0.4, 0.5) is 10.5 Å². The molecule has 0 radical (unpaired) electrons. The molecule has 0 saturated carbocycles. The van der Waals surface area contributed by atoms with Crippen molar-refractivity contribution in [2.24, 2.45) is 0 Å². The van der Waals surface area contributed by atoms with Crippen molar-refractivity contribution in [3.63, 3.8) is 0 Å². The fourth-order valence-electron chi connectivity index (χ4n) is 2.42. The first-order chi connectivity index (χ1) is 10.8. The van der Waals surface area contributed by atoms with Crippen molar-refractivity contribution < 1.29 is 4.79 Å². The Morgan fingerprint density at radius 3 is 3.14 bits per heavy atom. The predicted octanol–water partition coefficient (Wildman–Crippen LogP) is 2.03. The maximum atomic E-state index is 12.0. The predicted molar refractivity (Wildman–Crippen MR) is 88.0 cm³/mol. The summed E-state index contributed by atoms with van der Waals surface area (Å²) in [6, 6.07) is 9.56. The average molecular weight is 317 g/mol. The SMILES string of the molecule is CSc1ccccc1NC(=O)NCc1cc2n(n1)CCNC2. The summed E-state index contributed by atoms with van der Waals surface area (Å²) in [5.74, 6) is 0. The summed E-state index contributed by atoms with van der Waals surface area (Å²) in [6.07, 6.45) is 1.99. The molecule has 0 saturated heterocycles. The Bertz CT molecular complexity index is 646. The van der Waals surface area contributed by atoms with Gasteiger partial charge in [-0.1, -0.05) is 12.1 Å². The molecular weight excluding hydrogens is 298 g/mol. The van der Waals surface area contributed by atoms with Gasteiger partial charge in [-0.05, 0) is 24.5 Å². The first kappa shape index (κ1) is 14.9. The number of nitrogens with one attached hydrogen (secondary N) is 3.